The van der Waals surface area contributed by atoms with E-state index in [2.05, 4.69) is 34.8 Å². The molecule has 0 bridgehead atoms. The van der Waals surface area contributed by atoms with E-state index in [1.807, 2.05) is 0 Å². The average Bonchev–Trinajstić information content (AvgIpc) is 3.48. The molecule has 1 rings (SSSR count). The number of nitrogens with zero attached hydrogens (tertiary/aromatic N) is 3. The van der Waals surface area contributed by atoms with E-state index in [9.17, 15) is 24.0 Å². The van der Waals surface area contributed by atoms with Crippen LogP contribution < -0.4 is 16.4 Å². The zero-order valence-corrected chi connectivity index (χ0v) is 28.9. The molecule has 1 aromatic heterocycles. The highest BCUT2D eigenvalue weighted by atomic mass is 16.5. The van der Waals surface area contributed by atoms with Crippen LogP contribution in [-0.4, -0.2) is 89.9 Å². The van der Waals surface area contributed by atoms with Gasteiger partial charge in [-0.05, 0) is 32.1 Å². The van der Waals surface area contributed by atoms with Crippen LogP contribution in [0.3, 0.4) is 0 Å². The van der Waals surface area contributed by atoms with Gasteiger partial charge in [-0.3, -0.25) is 28.7 Å². The second-order valence-electron chi connectivity index (χ2n) is 12.4. The summed E-state index contributed by atoms with van der Waals surface area (Å²) in [5.41, 5.74) is 6.10. The Labute approximate surface area is 279 Å². The van der Waals surface area contributed by atoms with E-state index in [0.29, 0.717) is 96.2 Å². The molecule has 2 amide bonds. The van der Waals surface area contributed by atoms with Crippen LogP contribution in [0.5, 0.6) is 0 Å². The summed E-state index contributed by atoms with van der Waals surface area (Å²) in [6.07, 6.45) is 6.50. The number of carbonyl (C=O) groups is 5. The van der Waals surface area contributed by atoms with Crippen LogP contribution >= 0.6 is 0 Å². The molecular formula is C33H58N6O8. The molecule has 0 aromatic carbocycles. The zero-order chi connectivity index (χ0) is 34.9. The molecule has 0 aliphatic rings. The Bertz CT molecular complexity index is 1060. The molecule has 1 heterocycles. The quantitative estimate of drug-likeness (QED) is 0.0807. The third kappa shape index (κ3) is 22.9. The maximum absolute atomic E-state index is 12.4. The Morgan fingerprint density at radius 2 is 1.55 bits per heavy atom. The maximum Gasteiger partial charge on any atom is 0.308 e. The van der Waals surface area contributed by atoms with Gasteiger partial charge < -0.3 is 30.6 Å². The lowest BCUT2D eigenvalue weighted by Gasteiger charge is -2.13. The minimum absolute atomic E-state index is 0.00165. The van der Waals surface area contributed by atoms with Crippen molar-refractivity contribution in [2.24, 2.45) is 17.6 Å². The normalized spacial score (nSPS) is 12.0. The fourth-order valence-corrected chi connectivity index (χ4v) is 4.46. The van der Waals surface area contributed by atoms with Crippen molar-refractivity contribution in [3.63, 3.8) is 0 Å². The third-order valence-corrected chi connectivity index (χ3v) is 7.24. The standard InChI is InChI=1S/C33H58N6O8/c1-25(2)33(44)47-24-28-23-39(38-37-28)17-8-6-12-31(42)36-15-7-5-10-27(32(34)43)22-30(41)14-13-29(40)11-9-18-45-20-21-46-19-16-35-26(3)4/h23,25-27,35H,5-22,24H2,1-4H3,(H2,34,43)(H,36,42)/t27-/m1/s1. The van der Waals surface area contributed by atoms with E-state index in [-0.39, 0.29) is 55.2 Å². The summed E-state index contributed by atoms with van der Waals surface area (Å²) in [4.78, 5) is 60.2. The second kappa shape index (κ2) is 25.8. The summed E-state index contributed by atoms with van der Waals surface area (Å²) in [5.74, 6) is -1.79. The number of nitrogens with one attached hydrogen (secondary N) is 2. The van der Waals surface area contributed by atoms with Crippen LogP contribution in [0.1, 0.15) is 104 Å². The van der Waals surface area contributed by atoms with Gasteiger partial charge in [-0.1, -0.05) is 39.3 Å². The molecule has 4 N–H and O–H groups in total. The highest BCUT2D eigenvalue weighted by molar-refractivity contribution is 5.89. The van der Waals surface area contributed by atoms with Gasteiger partial charge in [-0.15, -0.1) is 5.10 Å². The fraction of sp³-hybridized carbons (Fsp3) is 0.788. The minimum atomic E-state index is -0.579. The summed E-state index contributed by atoms with van der Waals surface area (Å²) < 4.78 is 17.7. The molecule has 0 spiro atoms. The summed E-state index contributed by atoms with van der Waals surface area (Å²) in [6.45, 7) is 11.7. The molecule has 0 aliphatic carbocycles. The fourth-order valence-electron chi connectivity index (χ4n) is 4.46. The first-order valence-electron chi connectivity index (χ1n) is 17.0. The van der Waals surface area contributed by atoms with Gasteiger partial charge in [0.2, 0.25) is 11.8 Å². The Balaban J connectivity index is 2.08. The van der Waals surface area contributed by atoms with Crippen molar-refractivity contribution in [2.75, 3.05) is 39.5 Å². The second-order valence-corrected chi connectivity index (χ2v) is 12.4. The molecular weight excluding hydrogens is 608 g/mol. The number of Topliss-reactive ketones (excluding diaryl/α,β-unsaturated/α-hetero) is 2. The Hall–Kier alpha value is -3.23. The maximum atomic E-state index is 12.4. The number of ketones is 2. The first-order chi connectivity index (χ1) is 22.5. The van der Waals surface area contributed by atoms with Crippen LogP contribution in [0.15, 0.2) is 6.20 Å². The van der Waals surface area contributed by atoms with Gasteiger partial charge in [-0.2, -0.15) is 0 Å². The molecule has 14 nitrogen and oxygen atoms in total. The lowest BCUT2D eigenvalue weighted by atomic mass is 9.93. The van der Waals surface area contributed by atoms with Crippen molar-refractivity contribution in [3.05, 3.63) is 11.9 Å². The number of hydrogen-bond acceptors (Lipinski definition) is 11. The molecule has 0 aliphatic heterocycles. The van der Waals surface area contributed by atoms with Crippen molar-refractivity contribution in [1.82, 2.24) is 25.6 Å². The van der Waals surface area contributed by atoms with E-state index < -0.39 is 11.8 Å². The molecule has 0 unspecified atom stereocenters. The number of amides is 2. The lowest BCUT2D eigenvalue weighted by molar-refractivity contribution is -0.148. The summed E-state index contributed by atoms with van der Waals surface area (Å²) in [5, 5.41) is 14.1. The van der Waals surface area contributed by atoms with Crippen LogP contribution in [-0.2, 0) is 51.3 Å². The summed E-state index contributed by atoms with van der Waals surface area (Å²) in [7, 11) is 0. The first kappa shape index (κ1) is 41.8. The topological polar surface area (TPSA) is 194 Å². The van der Waals surface area contributed by atoms with Gasteiger partial charge in [0.05, 0.1) is 31.9 Å². The molecule has 1 aromatic rings. The number of carbonyl (C=O) groups excluding carboxylic acids is 5. The van der Waals surface area contributed by atoms with Crippen molar-refractivity contribution in [2.45, 2.75) is 118 Å². The summed E-state index contributed by atoms with van der Waals surface area (Å²) >= 11 is 0. The molecule has 0 saturated carbocycles. The molecule has 268 valence electrons. The largest absolute Gasteiger partial charge is 0.459 e. The molecule has 1 atom stereocenters. The number of ether oxygens (including phenoxy) is 3. The SMILES string of the molecule is CC(C)NCCOCCOCCCC(=O)CCC(=O)C[C@@H](CCCCNC(=O)CCCCn1cc(COC(=O)C(C)C)nn1)C(N)=O. The molecule has 0 saturated heterocycles. The lowest BCUT2D eigenvalue weighted by Crippen LogP contribution is -2.27. The van der Waals surface area contributed by atoms with E-state index in [4.69, 9.17) is 19.9 Å². The van der Waals surface area contributed by atoms with E-state index >= 15 is 0 Å². The number of rotatable bonds is 30. The van der Waals surface area contributed by atoms with Crippen LogP contribution in [0, 0.1) is 11.8 Å². The van der Waals surface area contributed by atoms with Crippen molar-refractivity contribution in [1.29, 1.82) is 0 Å². The Morgan fingerprint density at radius 1 is 0.830 bits per heavy atom. The Kier molecular flexibility index (Phi) is 23.0. The summed E-state index contributed by atoms with van der Waals surface area (Å²) in [6, 6.07) is 0.430. The van der Waals surface area contributed by atoms with Crippen LogP contribution in [0.2, 0.25) is 0 Å². The van der Waals surface area contributed by atoms with Gasteiger partial charge in [0.1, 0.15) is 23.9 Å². The monoisotopic (exact) mass is 666 g/mol. The Morgan fingerprint density at radius 3 is 2.26 bits per heavy atom. The zero-order valence-electron chi connectivity index (χ0n) is 28.9. The number of aryl methyl sites for hydroxylation is 1. The number of nitrogens with two attached hydrogens (primary N) is 1. The molecule has 0 radical (unpaired) electrons. The number of primary amides is 1. The van der Waals surface area contributed by atoms with Gasteiger partial charge in [-0.25, -0.2) is 0 Å². The van der Waals surface area contributed by atoms with Crippen molar-refractivity contribution >= 4 is 29.4 Å². The smallest absolute Gasteiger partial charge is 0.308 e. The predicted molar refractivity (Wildman–Crippen MR) is 176 cm³/mol. The predicted octanol–water partition coefficient (Wildman–Crippen LogP) is 2.66. The highest BCUT2D eigenvalue weighted by Gasteiger charge is 2.20. The number of hydrogen-bond donors (Lipinski definition) is 3. The molecule has 47 heavy (non-hydrogen) atoms. The van der Waals surface area contributed by atoms with E-state index in [0.717, 1.165) is 13.0 Å². The average molecular weight is 667 g/mol. The van der Waals surface area contributed by atoms with Gasteiger partial charge in [0, 0.05) is 70.3 Å². The number of aromatic nitrogens is 3. The minimum Gasteiger partial charge on any atom is -0.459 e. The highest BCUT2D eigenvalue weighted by Crippen LogP contribution is 2.15. The molecule has 0 fully saturated rings. The third-order valence-electron chi connectivity index (χ3n) is 7.24. The van der Waals surface area contributed by atoms with Crippen LogP contribution in [0.4, 0.5) is 0 Å². The van der Waals surface area contributed by atoms with Crippen molar-refractivity contribution < 1.29 is 38.2 Å². The number of esters is 1. The van der Waals surface area contributed by atoms with Gasteiger partial charge >= 0.3 is 5.97 Å². The van der Waals surface area contributed by atoms with E-state index in [1.165, 1.54) is 0 Å². The van der Waals surface area contributed by atoms with Crippen molar-refractivity contribution in [3.8, 4) is 0 Å². The first-order valence-corrected chi connectivity index (χ1v) is 17.0. The number of unbranched alkanes of at least 4 members (excludes halogenated alkanes) is 2. The van der Waals surface area contributed by atoms with Gasteiger partial charge in [0.15, 0.2) is 0 Å². The molecule has 14 heteroatoms. The van der Waals surface area contributed by atoms with Crippen LogP contribution in [0.25, 0.3) is 0 Å². The van der Waals surface area contributed by atoms with Gasteiger partial charge in [0.25, 0.3) is 0 Å². The van der Waals surface area contributed by atoms with E-state index in [1.54, 1.807) is 24.7 Å².